The van der Waals surface area contributed by atoms with E-state index >= 15 is 0 Å². The Bertz CT molecular complexity index is 175. The molecule has 0 amide bonds. The minimum Gasteiger partial charge on any atom is -0.468 e. The first-order valence-corrected chi connectivity index (χ1v) is 5.14. The maximum atomic E-state index is 10.9. The minimum atomic E-state index is -0.603. The first-order valence-electron chi connectivity index (χ1n) is 5.14. The average molecular weight is 219 g/mol. The largest absolute Gasteiger partial charge is 0.468 e. The molecule has 0 aromatic heterocycles. The summed E-state index contributed by atoms with van der Waals surface area (Å²) in [6, 6.07) is -0.603. The fourth-order valence-corrected chi connectivity index (χ4v) is 0.997. The number of carbonyl (C=O) groups is 1. The zero-order valence-corrected chi connectivity index (χ0v) is 9.69. The molecule has 0 saturated heterocycles. The molecule has 0 aliphatic rings. The summed E-state index contributed by atoms with van der Waals surface area (Å²) in [5.41, 5.74) is 5.53. The zero-order valence-electron chi connectivity index (χ0n) is 9.69. The molecule has 2 atom stereocenters. The molecule has 5 heteroatoms. The highest BCUT2D eigenvalue weighted by atomic mass is 16.5. The van der Waals surface area contributed by atoms with Gasteiger partial charge in [-0.25, -0.2) is 0 Å². The Morgan fingerprint density at radius 1 is 1.47 bits per heavy atom. The SMILES string of the molecule is CCOCC(C)OCCC(N)C(=O)OC. The van der Waals surface area contributed by atoms with E-state index in [4.69, 9.17) is 15.2 Å². The van der Waals surface area contributed by atoms with Crippen LogP contribution in [0.2, 0.25) is 0 Å². The van der Waals surface area contributed by atoms with Crippen LogP contribution >= 0.6 is 0 Å². The topological polar surface area (TPSA) is 70.8 Å². The maximum Gasteiger partial charge on any atom is 0.322 e. The maximum absolute atomic E-state index is 10.9. The van der Waals surface area contributed by atoms with Gasteiger partial charge in [0.15, 0.2) is 0 Å². The number of methoxy groups -OCH3 is 1. The predicted octanol–water partition coefficient (Wildman–Crippen LogP) is 0.318. The lowest BCUT2D eigenvalue weighted by Gasteiger charge is -2.14. The quantitative estimate of drug-likeness (QED) is 0.595. The fraction of sp³-hybridized carbons (Fsp3) is 0.900. The van der Waals surface area contributed by atoms with E-state index < -0.39 is 12.0 Å². The molecule has 0 aliphatic heterocycles. The van der Waals surface area contributed by atoms with E-state index in [1.807, 2.05) is 13.8 Å². The Labute approximate surface area is 90.9 Å². The highest BCUT2D eigenvalue weighted by molar-refractivity contribution is 5.75. The molecule has 0 aliphatic carbocycles. The van der Waals surface area contributed by atoms with E-state index in [-0.39, 0.29) is 6.10 Å². The molecule has 0 fully saturated rings. The van der Waals surface area contributed by atoms with E-state index in [0.717, 1.165) is 0 Å². The van der Waals surface area contributed by atoms with Gasteiger partial charge in [0.2, 0.25) is 0 Å². The van der Waals surface area contributed by atoms with Gasteiger partial charge in [0.05, 0.1) is 19.8 Å². The van der Waals surface area contributed by atoms with Crippen molar-refractivity contribution in [2.75, 3.05) is 26.9 Å². The minimum absolute atomic E-state index is 0.0230. The first-order chi connectivity index (χ1) is 7.11. The highest BCUT2D eigenvalue weighted by Gasteiger charge is 2.13. The fourth-order valence-electron chi connectivity index (χ4n) is 0.997. The lowest BCUT2D eigenvalue weighted by molar-refractivity contribution is -0.142. The Hall–Kier alpha value is -0.650. The van der Waals surface area contributed by atoms with Crippen molar-refractivity contribution in [1.29, 1.82) is 0 Å². The third-order valence-corrected chi connectivity index (χ3v) is 1.89. The van der Waals surface area contributed by atoms with Crippen LogP contribution in [0.4, 0.5) is 0 Å². The summed E-state index contributed by atoms with van der Waals surface area (Å²) in [5, 5.41) is 0. The molecule has 0 aromatic carbocycles. The highest BCUT2D eigenvalue weighted by Crippen LogP contribution is 1.97. The molecule has 15 heavy (non-hydrogen) atoms. The van der Waals surface area contributed by atoms with Crippen molar-refractivity contribution in [2.24, 2.45) is 5.73 Å². The molecule has 0 rings (SSSR count). The van der Waals surface area contributed by atoms with Crippen LogP contribution in [0.5, 0.6) is 0 Å². The molecule has 5 nitrogen and oxygen atoms in total. The van der Waals surface area contributed by atoms with E-state index in [2.05, 4.69) is 4.74 Å². The molecule has 0 saturated carbocycles. The molecule has 2 N–H and O–H groups in total. The van der Waals surface area contributed by atoms with Gasteiger partial charge < -0.3 is 19.9 Å². The van der Waals surface area contributed by atoms with E-state index in [1.54, 1.807) is 0 Å². The summed E-state index contributed by atoms with van der Waals surface area (Å²) >= 11 is 0. The molecule has 0 heterocycles. The molecule has 2 unspecified atom stereocenters. The van der Waals surface area contributed by atoms with Crippen LogP contribution in [0.1, 0.15) is 20.3 Å². The molecule has 90 valence electrons. The summed E-state index contributed by atoms with van der Waals surface area (Å²) < 4.78 is 15.1. The van der Waals surface area contributed by atoms with Crippen LogP contribution in [0, 0.1) is 0 Å². The van der Waals surface area contributed by atoms with Crippen LogP contribution in [0.15, 0.2) is 0 Å². The summed E-state index contributed by atoms with van der Waals surface area (Å²) in [5.74, 6) is -0.406. The summed E-state index contributed by atoms with van der Waals surface area (Å²) in [4.78, 5) is 10.9. The molecule has 0 aromatic rings. The number of nitrogens with two attached hydrogens (primary N) is 1. The number of carbonyl (C=O) groups excluding carboxylic acids is 1. The van der Waals surface area contributed by atoms with Crippen molar-refractivity contribution >= 4 is 5.97 Å². The third-order valence-electron chi connectivity index (χ3n) is 1.89. The van der Waals surface area contributed by atoms with Crippen LogP contribution < -0.4 is 5.73 Å². The van der Waals surface area contributed by atoms with E-state index in [9.17, 15) is 4.79 Å². The van der Waals surface area contributed by atoms with Crippen molar-refractivity contribution in [3.63, 3.8) is 0 Å². The molecule has 0 bridgehead atoms. The second-order valence-corrected chi connectivity index (χ2v) is 3.26. The van der Waals surface area contributed by atoms with Gasteiger partial charge in [0.1, 0.15) is 6.04 Å². The van der Waals surface area contributed by atoms with Gasteiger partial charge in [-0.3, -0.25) is 4.79 Å². The third kappa shape index (κ3) is 7.30. The van der Waals surface area contributed by atoms with Crippen molar-refractivity contribution < 1.29 is 19.0 Å². The van der Waals surface area contributed by atoms with Crippen LogP contribution in [0.25, 0.3) is 0 Å². The van der Waals surface area contributed by atoms with Gasteiger partial charge in [-0.1, -0.05) is 0 Å². The van der Waals surface area contributed by atoms with Crippen molar-refractivity contribution in [2.45, 2.75) is 32.4 Å². The molecular weight excluding hydrogens is 198 g/mol. The zero-order chi connectivity index (χ0) is 11.7. The van der Waals surface area contributed by atoms with Gasteiger partial charge in [0.25, 0.3) is 0 Å². The number of hydrogen-bond donors (Lipinski definition) is 1. The van der Waals surface area contributed by atoms with Crippen molar-refractivity contribution in [3.8, 4) is 0 Å². The van der Waals surface area contributed by atoms with Gasteiger partial charge in [-0.05, 0) is 20.3 Å². The number of esters is 1. The molecular formula is C10H21NO4. The van der Waals surface area contributed by atoms with Gasteiger partial charge in [-0.15, -0.1) is 0 Å². The first kappa shape index (κ1) is 14.3. The summed E-state index contributed by atoms with van der Waals surface area (Å²) in [7, 11) is 1.32. The second-order valence-electron chi connectivity index (χ2n) is 3.26. The lowest BCUT2D eigenvalue weighted by atomic mass is 10.2. The Kier molecular flexibility index (Phi) is 8.27. The molecule has 0 spiro atoms. The van der Waals surface area contributed by atoms with Crippen molar-refractivity contribution in [1.82, 2.24) is 0 Å². The van der Waals surface area contributed by atoms with Crippen LogP contribution in [-0.4, -0.2) is 45.0 Å². The summed E-state index contributed by atoms with van der Waals surface area (Å²) in [6.07, 6.45) is 0.484. The van der Waals surface area contributed by atoms with Gasteiger partial charge >= 0.3 is 5.97 Å². The van der Waals surface area contributed by atoms with Crippen LogP contribution in [0.3, 0.4) is 0 Å². The monoisotopic (exact) mass is 219 g/mol. The van der Waals surface area contributed by atoms with Crippen LogP contribution in [-0.2, 0) is 19.0 Å². The van der Waals surface area contributed by atoms with E-state index in [0.29, 0.717) is 26.2 Å². The smallest absolute Gasteiger partial charge is 0.322 e. The lowest BCUT2D eigenvalue weighted by Crippen LogP contribution is -2.33. The Morgan fingerprint density at radius 3 is 2.67 bits per heavy atom. The summed E-state index contributed by atoms with van der Waals surface area (Å²) in [6.45, 7) is 5.52. The number of hydrogen-bond acceptors (Lipinski definition) is 5. The average Bonchev–Trinajstić information content (AvgIpc) is 2.24. The van der Waals surface area contributed by atoms with E-state index in [1.165, 1.54) is 7.11 Å². The standard InChI is InChI=1S/C10H21NO4/c1-4-14-7-8(2)15-6-5-9(11)10(12)13-3/h8-9H,4-7,11H2,1-3H3. The molecule has 0 radical (unpaired) electrons. The van der Waals surface area contributed by atoms with Gasteiger partial charge in [-0.2, -0.15) is 0 Å². The Morgan fingerprint density at radius 2 is 2.13 bits per heavy atom. The Balaban J connectivity index is 3.47. The predicted molar refractivity (Wildman–Crippen MR) is 56.5 cm³/mol. The van der Waals surface area contributed by atoms with Crippen molar-refractivity contribution in [3.05, 3.63) is 0 Å². The normalized spacial score (nSPS) is 14.7. The number of rotatable bonds is 8. The second kappa shape index (κ2) is 8.64. The van der Waals surface area contributed by atoms with Gasteiger partial charge in [0, 0.05) is 13.2 Å². The number of ether oxygens (including phenoxy) is 3.